The largest absolute Gasteiger partial charge is 0.326 e. The molecule has 0 saturated carbocycles. The van der Waals surface area contributed by atoms with Crippen LogP contribution in [0, 0.1) is 6.92 Å². The summed E-state index contributed by atoms with van der Waals surface area (Å²) in [4.78, 5) is 11.0. The average molecular weight is 216 g/mol. The van der Waals surface area contributed by atoms with Gasteiger partial charge in [-0.15, -0.1) is 10.2 Å². The van der Waals surface area contributed by atoms with Crippen LogP contribution in [0.5, 0.6) is 0 Å². The molecule has 5 nitrogen and oxygen atoms in total. The third kappa shape index (κ3) is 2.08. The van der Waals surface area contributed by atoms with Gasteiger partial charge in [0, 0.05) is 12.6 Å². The number of hydrogen-bond acceptors (Lipinski definition) is 3. The second-order valence-electron chi connectivity index (χ2n) is 3.55. The Morgan fingerprint density at radius 1 is 1.31 bits per heavy atom. The number of aryl methyl sites for hydroxylation is 1. The van der Waals surface area contributed by atoms with Gasteiger partial charge in [-0.1, -0.05) is 6.07 Å². The minimum Gasteiger partial charge on any atom is -0.326 e. The van der Waals surface area contributed by atoms with Crippen molar-refractivity contribution < 1.29 is 4.79 Å². The Bertz CT molecular complexity index is 505. The molecule has 0 radical (unpaired) electrons. The van der Waals surface area contributed by atoms with Gasteiger partial charge in [-0.2, -0.15) is 0 Å². The Labute approximate surface area is 93.1 Å². The maximum absolute atomic E-state index is 11.0. The smallest absolute Gasteiger partial charge is 0.221 e. The second kappa shape index (κ2) is 4.14. The normalized spacial score (nSPS) is 10.1. The van der Waals surface area contributed by atoms with E-state index in [4.69, 9.17) is 0 Å². The lowest BCUT2D eigenvalue weighted by molar-refractivity contribution is -0.114. The molecule has 1 N–H and O–H groups in total. The van der Waals surface area contributed by atoms with Crippen LogP contribution in [0.4, 0.5) is 5.69 Å². The van der Waals surface area contributed by atoms with Crippen molar-refractivity contribution in [1.29, 1.82) is 0 Å². The van der Waals surface area contributed by atoms with Gasteiger partial charge in [-0.3, -0.25) is 9.36 Å². The van der Waals surface area contributed by atoms with Crippen LogP contribution >= 0.6 is 0 Å². The van der Waals surface area contributed by atoms with Crippen molar-refractivity contribution in [2.75, 3.05) is 5.32 Å². The molecule has 1 aromatic carbocycles. The van der Waals surface area contributed by atoms with Crippen LogP contribution in [-0.4, -0.2) is 20.7 Å². The van der Waals surface area contributed by atoms with Crippen molar-refractivity contribution >= 4 is 11.6 Å². The van der Waals surface area contributed by atoms with Crippen molar-refractivity contribution in [3.8, 4) is 5.69 Å². The number of aromatic nitrogens is 3. The third-order valence-corrected chi connectivity index (χ3v) is 2.25. The number of nitrogens with one attached hydrogen (secondary N) is 1. The van der Waals surface area contributed by atoms with Crippen LogP contribution < -0.4 is 5.32 Å². The molecule has 5 heteroatoms. The van der Waals surface area contributed by atoms with Crippen LogP contribution in [0.2, 0.25) is 0 Å². The summed E-state index contributed by atoms with van der Waals surface area (Å²) in [5.74, 6) is -0.0796. The van der Waals surface area contributed by atoms with E-state index in [0.29, 0.717) is 0 Å². The summed E-state index contributed by atoms with van der Waals surface area (Å²) < 4.78 is 1.78. The SMILES string of the molecule is CC(=O)Nc1cc(-n2cnnc2)ccc1C. The number of amides is 1. The molecule has 1 amide bonds. The van der Waals surface area contributed by atoms with Gasteiger partial charge in [0.05, 0.1) is 5.69 Å². The monoisotopic (exact) mass is 216 g/mol. The highest BCUT2D eigenvalue weighted by atomic mass is 16.1. The van der Waals surface area contributed by atoms with Gasteiger partial charge in [-0.05, 0) is 24.6 Å². The number of carbonyl (C=O) groups excluding carboxylic acids is 1. The van der Waals surface area contributed by atoms with E-state index in [1.54, 1.807) is 17.2 Å². The number of nitrogens with zero attached hydrogens (tertiary/aromatic N) is 3. The summed E-state index contributed by atoms with van der Waals surface area (Å²) in [5, 5.41) is 10.3. The average Bonchev–Trinajstić information content (AvgIpc) is 2.73. The molecular weight excluding hydrogens is 204 g/mol. The molecule has 2 aromatic rings. The van der Waals surface area contributed by atoms with E-state index in [9.17, 15) is 4.79 Å². The van der Waals surface area contributed by atoms with E-state index >= 15 is 0 Å². The molecule has 0 fully saturated rings. The quantitative estimate of drug-likeness (QED) is 0.828. The number of rotatable bonds is 2. The van der Waals surface area contributed by atoms with E-state index < -0.39 is 0 Å². The van der Waals surface area contributed by atoms with Crippen molar-refractivity contribution in [3.63, 3.8) is 0 Å². The van der Waals surface area contributed by atoms with Gasteiger partial charge in [0.2, 0.25) is 5.91 Å². The maximum Gasteiger partial charge on any atom is 0.221 e. The van der Waals surface area contributed by atoms with Gasteiger partial charge in [-0.25, -0.2) is 0 Å². The summed E-state index contributed by atoms with van der Waals surface area (Å²) in [6, 6.07) is 5.78. The highest BCUT2D eigenvalue weighted by molar-refractivity contribution is 5.89. The van der Waals surface area contributed by atoms with Crippen molar-refractivity contribution in [2.45, 2.75) is 13.8 Å². The van der Waals surface area contributed by atoms with Gasteiger partial charge in [0.15, 0.2) is 0 Å². The Hall–Kier alpha value is -2.17. The molecule has 0 unspecified atom stereocenters. The molecule has 1 heterocycles. The minimum absolute atomic E-state index is 0.0796. The predicted octanol–water partition coefficient (Wildman–Crippen LogP) is 1.53. The number of benzene rings is 1. The zero-order valence-electron chi connectivity index (χ0n) is 9.14. The first-order valence-corrected chi connectivity index (χ1v) is 4.90. The van der Waals surface area contributed by atoms with Crippen molar-refractivity contribution in [2.24, 2.45) is 0 Å². The van der Waals surface area contributed by atoms with Crippen LogP contribution in [0.25, 0.3) is 5.69 Å². The Balaban J connectivity index is 2.39. The summed E-state index contributed by atoms with van der Waals surface area (Å²) in [6.45, 7) is 3.44. The van der Waals surface area contributed by atoms with Crippen LogP contribution in [-0.2, 0) is 4.79 Å². The fourth-order valence-corrected chi connectivity index (χ4v) is 1.43. The first kappa shape index (κ1) is 10.4. The Morgan fingerprint density at radius 3 is 2.62 bits per heavy atom. The van der Waals surface area contributed by atoms with Gasteiger partial charge in [0.25, 0.3) is 0 Å². The summed E-state index contributed by atoms with van der Waals surface area (Å²) in [5.41, 5.74) is 2.74. The maximum atomic E-state index is 11.0. The van der Waals surface area contributed by atoms with E-state index in [2.05, 4.69) is 15.5 Å². The molecule has 0 atom stereocenters. The molecule has 0 aliphatic rings. The fraction of sp³-hybridized carbons (Fsp3) is 0.182. The highest BCUT2D eigenvalue weighted by Crippen LogP contribution is 2.19. The lowest BCUT2D eigenvalue weighted by Crippen LogP contribution is -2.07. The number of carbonyl (C=O) groups is 1. The molecular formula is C11H12N4O. The van der Waals surface area contributed by atoms with Gasteiger partial charge in [0.1, 0.15) is 12.7 Å². The van der Waals surface area contributed by atoms with Crippen molar-refractivity contribution in [3.05, 3.63) is 36.4 Å². The van der Waals surface area contributed by atoms with E-state index in [1.807, 2.05) is 25.1 Å². The molecule has 82 valence electrons. The standard InChI is InChI=1S/C11H12N4O/c1-8-3-4-10(15-6-12-13-7-15)5-11(8)14-9(2)16/h3-7H,1-2H3,(H,14,16). The zero-order chi connectivity index (χ0) is 11.5. The molecule has 0 aliphatic carbocycles. The number of hydrogen-bond donors (Lipinski definition) is 1. The second-order valence-corrected chi connectivity index (χ2v) is 3.55. The minimum atomic E-state index is -0.0796. The third-order valence-electron chi connectivity index (χ3n) is 2.25. The summed E-state index contributed by atoms with van der Waals surface area (Å²) in [6.07, 6.45) is 3.23. The summed E-state index contributed by atoms with van der Waals surface area (Å²) in [7, 11) is 0. The van der Waals surface area contributed by atoms with Gasteiger partial charge < -0.3 is 5.32 Å². The topological polar surface area (TPSA) is 59.8 Å². The van der Waals surface area contributed by atoms with Gasteiger partial charge >= 0.3 is 0 Å². The molecule has 0 bridgehead atoms. The highest BCUT2D eigenvalue weighted by Gasteiger charge is 2.03. The van der Waals surface area contributed by atoms with E-state index in [0.717, 1.165) is 16.9 Å². The Kier molecular flexibility index (Phi) is 2.68. The predicted molar refractivity (Wildman–Crippen MR) is 60.4 cm³/mol. The lowest BCUT2D eigenvalue weighted by atomic mass is 10.2. The zero-order valence-corrected chi connectivity index (χ0v) is 9.14. The van der Waals surface area contributed by atoms with Crippen LogP contribution in [0.3, 0.4) is 0 Å². The first-order valence-electron chi connectivity index (χ1n) is 4.90. The van der Waals surface area contributed by atoms with Crippen LogP contribution in [0.15, 0.2) is 30.9 Å². The molecule has 0 aliphatic heterocycles. The molecule has 1 aromatic heterocycles. The molecule has 16 heavy (non-hydrogen) atoms. The van der Waals surface area contributed by atoms with E-state index in [-0.39, 0.29) is 5.91 Å². The fourth-order valence-electron chi connectivity index (χ4n) is 1.43. The number of anilines is 1. The molecule has 2 rings (SSSR count). The van der Waals surface area contributed by atoms with Crippen molar-refractivity contribution in [1.82, 2.24) is 14.8 Å². The lowest BCUT2D eigenvalue weighted by Gasteiger charge is -2.09. The Morgan fingerprint density at radius 2 is 2.00 bits per heavy atom. The summed E-state index contributed by atoms with van der Waals surface area (Å²) >= 11 is 0. The van der Waals surface area contributed by atoms with Crippen LogP contribution in [0.1, 0.15) is 12.5 Å². The van der Waals surface area contributed by atoms with E-state index in [1.165, 1.54) is 6.92 Å². The molecule has 0 spiro atoms. The first-order chi connectivity index (χ1) is 7.66. The molecule has 0 saturated heterocycles.